The van der Waals surface area contributed by atoms with E-state index < -0.39 is 0 Å². The highest BCUT2D eigenvalue weighted by atomic mass is 35.5. The van der Waals surface area contributed by atoms with Gasteiger partial charge >= 0.3 is 11.9 Å². The first-order chi connectivity index (χ1) is 14.1. The number of rotatable bonds is 17. The summed E-state index contributed by atoms with van der Waals surface area (Å²) in [5, 5.41) is 0.676. The van der Waals surface area contributed by atoms with Gasteiger partial charge < -0.3 is 9.47 Å². The molecule has 0 saturated heterocycles. The molecule has 0 aromatic heterocycles. The Morgan fingerprint density at radius 1 is 0.793 bits per heavy atom. The zero-order valence-corrected chi connectivity index (χ0v) is 18.7. The smallest absolute Gasteiger partial charge is 0.305 e. The Morgan fingerprint density at radius 2 is 1.38 bits per heavy atom. The lowest BCUT2D eigenvalue weighted by Crippen LogP contribution is -2.10. The molecular weight excluding hydrogens is 388 g/mol. The summed E-state index contributed by atoms with van der Waals surface area (Å²) in [5.41, 5.74) is 1.03. The summed E-state index contributed by atoms with van der Waals surface area (Å²) in [4.78, 5) is 23.4. The van der Waals surface area contributed by atoms with Crippen LogP contribution in [-0.2, 0) is 25.5 Å². The summed E-state index contributed by atoms with van der Waals surface area (Å²) in [6.07, 6.45) is 12.8. The first kappa shape index (κ1) is 25.5. The van der Waals surface area contributed by atoms with Crippen molar-refractivity contribution in [1.29, 1.82) is 0 Å². The molecule has 0 fully saturated rings. The molecule has 1 rings (SSSR count). The van der Waals surface area contributed by atoms with Crippen molar-refractivity contribution in [2.75, 3.05) is 13.2 Å². The fraction of sp³-hybridized carbons (Fsp3) is 0.667. The first-order valence-electron chi connectivity index (χ1n) is 11.2. The van der Waals surface area contributed by atoms with Crippen molar-refractivity contribution in [2.45, 2.75) is 90.4 Å². The molecule has 0 aliphatic heterocycles. The molecule has 0 unspecified atom stereocenters. The minimum absolute atomic E-state index is 0.226. The molecule has 0 spiro atoms. The molecule has 164 valence electrons. The molecule has 0 bridgehead atoms. The van der Waals surface area contributed by atoms with Crippen LogP contribution in [0, 0.1) is 0 Å². The van der Waals surface area contributed by atoms with E-state index in [0.717, 1.165) is 18.4 Å². The Labute approximate surface area is 181 Å². The molecule has 0 saturated carbocycles. The van der Waals surface area contributed by atoms with E-state index in [1.54, 1.807) is 0 Å². The van der Waals surface area contributed by atoms with Crippen LogP contribution in [0.1, 0.15) is 89.5 Å². The Balaban J connectivity index is 1.91. The SMILES string of the molecule is CCCCCCCCCCCOC(=O)CCCC(=O)OCCc1cccc(Cl)c1. The molecule has 1 aromatic rings. The highest BCUT2D eigenvalue weighted by Crippen LogP contribution is 2.12. The maximum Gasteiger partial charge on any atom is 0.305 e. The summed E-state index contributed by atoms with van der Waals surface area (Å²) in [6.45, 7) is 3.04. The second-order valence-electron chi connectivity index (χ2n) is 7.50. The second-order valence-corrected chi connectivity index (χ2v) is 7.94. The Kier molecular flexibility index (Phi) is 15.2. The fourth-order valence-electron chi connectivity index (χ4n) is 3.10. The number of hydrogen-bond acceptors (Lipinski definition) is 4. The fourth-order valence-corrected chi connectivity index (χ4v) is 3.31. The van der Waals surface area contributed by atoms with Gasteiger partial charge in [0, 0.05) is 24.3 Å². The van der Waals surface area contributed by atoms with Crippen molar-refractivity contribution in [3.8, 4) is 0 Å². The zero-order valence-electron chi connectivity index (χ0n) is 17.9. The quantitative estimate of drug-likeness (QED) is 0.207. The second kappa shape index (κ2) is 17.3. The van der Waals surface area contributed by atoms with Crippen molar-refractivity contribution in [3.05, 3.63) is 34.9 Å². The molecule has 0 radical (unpaired) electrons. The highest BCUT2D eigenvalue weighted by Gasteiger charge is 2.07. The van der Waals surface area contributed by atoms with E-state index in [9.17, 15) is 9.59 Å². The van der Waals surface area contributed by atoms with Crippen LogP contribution in [0.3, 0.4) is 0 Å². The normalized spacial score (nSPS) is 10.7. The van der Waals surface area contributed by atoms with Gasteiger partial charge in [-0.05, 0) is 30.5 Å². The number of carbonyl (C=O) groups is 2. The third-order valence-corrected chi connectivity index (χ3v) is 5.05. The molecule has 0 amide bonds. The molecule has 1 aromatic carbocycles. The molecule has 5 heteroatoms. The van der Waals surface area contributed by atoms with Crippen molar-refractivity contribution in [1.82, 2.24) is 0 Å². The van der Waals surface area contributed by atoms with Gasteiger partial charge in [-0.25, -0.2) is 0 Å². The monoisotopic (exact) mass is 424 g/mol. The van der Waals surface area contributed by atoms with Crippen LogP contribution in [0.5, 0.6) is 0 Å². The van der Waals surface area contributed by atoms with Crippen LogP contribution >= 0.6 is 11.6 Å². The van der Waals surface area contributed by atoms with Gasteiger partial charge in [0.25, 0.3) is 0 Å². The number of esters is 2. The van der Waals surface area contributed by atoms with E-state index in [2.05, 4.69) is 6.92 Å². The minimum Gasteiger partial charge on any atom is -0.466 e. The Hall–Kier alpha value is -1.55. The van der Waals surface area contributed by atoms with Gasteiger partial charge in [-0.1, -0.05) is 82.0 Å². The molecule has 4 nitrogen and oxygen atoms in total. The van der Waals surface area contributed by atoms with E-state index in [-0.39, 0.29) is 24.8 Å². The van der Waals surface area contributed by atoms with E-state index in [1.807, 2.05) is 24.3 Å². The summed E-state index contributed by atoms with van der Waals surface area (Å²) in [7, 11) is 0. The van der Waals surface area contributed by atoms with Crippen molar-refractivity contribution >= 4 is 23.5 Å². The van der Waals surface area contributed by atoms with Crippen molar-refractivity contribution in [3.63, 3.8) is 0 Å². The maximum absolute atomic E-state index is 11.7. The third-order valence-electron chi connectivity index (χ3n) is 4.82. The predicted molar refractivity (Wildman–Crippen MR) is 118 cm³/mol. The largest absolute Gasteiger partial charge is 0.466 e. The van der Waals surface area contributed by atoms with Gasteiger partial charge in [0.15, 0.2) is 0 Å². The van der Waals surface area contributed by atoms with Crippen LogP contribution in [0.4, 0.5) is 0 Å². The molecule has 0 aliphatic rings. The van der Waals surface area contributed by atoms with Crippen LogP contribution in [0.15, 0.2) is 24.3 Å². The lowest BCUT2D eigenvalue weighted by Gasteiger charge is -2.06. The number of unbranched alkanes of at least 4 members (excludes halogenated alkanes) is 8. The summed E-state index contributed by atoms with van der Waals surface area (Å²) in [5.74, 6) is -0.505. The molecular formula is C24H37ClO4. The number of hydrogen-bond donors (Lipinski definition) is 0. The standard InChI is InChI=1S/C24H37ClO4/c1-2-3-4-5-6-7-8-9-10-18-28-23(26)15-12-16-24(27)29-19-17-21-13-11-14-22(25)20-21/h11,13-14,20H,2-10,12,15-19H2,1H3. The average molecular weight is 425 g/mol. The summed E-state index contributed by atoms with van der Waals surface area (Å²) < 4.78 is 10.4. The minimum atomic E-state index is -0.279. The van der Waals surface area contributed by atoms with Gasteiger partial charge in [-0.2, -0.15) is 0 Å². The summed E-state index contributed by atoms with van der Waals surface area (Å²) >= 11 is 5.92. The van der Waals surface area contributed by atoms with Crippen molar-refractivity contribution < 1.29 is 19.1 Å². The van der Waals surface area contributed by atoms with Gasteiger partial charge in [-0.3, -0.25) is 9.59 Å². The van der Waals surface area contributed by atoms with Crippen LogP contribution in [-0.4, -0.2) is 25.2 Å². The summed E-state index contributed by atoms with van der Waals surface area (Å²) in [6, 6.07) is 7.49. The van der Waals surface area contributed by atoms with Gasteiger partial charge in [0.05, 0.1) is 13.2 Å². The zero-order chi connectivity index (χ0) is 21.2. The number of benzene rings is 1. The highest BCUT2D eigenvalue weighted by molar-refractivity contribution is 6.30. The van der Waals surface area contributed by atoms with E-state index >= 15 is 0 Å². The maximum atomic E-state index is 11.7. The molecule has 29 heavy (non-hydrogen) atoms. The lowest BCUT2D eigenvalue weighted by molar-refractivity contribution is -0.145. The first-order valence-corrected chi connectivity index (χ1v) is 11.5. The third kappa shape index (κ3) is 15.0. The van der Waals surface area contributed by atoms with Crippen LogP contribution in [0.2, 0.25) is 5.02 Å². The van der Waals surface area contributed by atoms with Crippen LogP contribution < -0.4 is 0 Å². The topological polar surface area (TPSA) is 52.6 Å². The van der Waals surface area contributed by atoms with E-state index in [1.165, 1.54) is 44.9 Å². The number of ether oxygens (including phenoxy) is 2. The lowest BCUT2D eigenvalue weighted by atomic mass is 10.1. The predicted octanol–water partition coefficient (Wildman–Crippen LogP) is 6.67. The Bertz CT molecular complexity index is 574. The molecule has 0 atom stereocenters. The molecule has 0 N–H and O–H groups in total. The molecule has 0 heterocycles. The van der Waals surface area contributed by atoms with Crippen LogP contribution in [0.25, 0.3) is 0 Å². The number of halogens is 1. The average Bonchev–Trinajstić information content (AvgIpc) is 2.69. The van der Waals surface area contributed by atoms with Gasteiger partial charge in [0.2, 0.25) is 0 Å². The van der Waals surface area contributed by atoms with Gasteiger partial charge in [-0.15, -0.1) is 0 Å². The van der Waals surface area contributed by atoms with E-state index in [4.69, 9.17) is 21.1 Å². The van der Waals surface area contributed by atoms with E-state index in [0.29, 0.717) is 31.1 Å². The Morgan fingerprint density at radius 3 is 2.00 bits per heavy atom. The van der Waals surface area contributed by atoms with Gasteiger partial charge in [0.1, 0.15) is 0 Å². The number of carbonyl (C=O) groups excluding carboxylic acids is 2. The van der Waals surface area contributed by atoms with Crippen molar-refractivity contribution in [2.24, 2.45) is 0 Å². The molecule has 0 aliphatic carbocycles.